The fourth-order valence-corrected chi connectivity index (χ4v) is 1.66. The predicted octanol–water partition coefficient (Wildman–Crippen LogP) is 1.63. The van der Waals surface area contributed by atoms with Crippen molar-refractivity contribution in [1.29, 1.82) is 0 Å². The maximum atomic E-state index is 11.3. The van der Waals surface area contributed by atoms with Crippen molar-refractivity contribution in [1.82, 2.24) is 9.55 Å². The fraction of sp³-hybridized carbons (Fsp3) is 0.167. The summed E-state index contributed by atoms with van der Waals surface area (Å²) < 4.78 is 6.15. The van der Waals surface area contributed by atoms with E-state index in [1.807, 2.05) is 0 Å². The highest BCUT2D eigenvalue weighted by atomic mass is 16.6. The van der Waals surface area contributed by atoms with Crippen LogP contribution in [0.2, 0.25) is 0 Å². The van der Waals surface area contributed by atoms with Crippen LogP contribution in [0.25, 0.3) is 11.4 Å². The van der Waals surface area contributed by atoms with Crippen molar-refractivity contribution in [3.63, 3.8) is 0 Å². The van der Waals surface area contributed by atoms with E-state index < -0.39 is 10.9 Å². The number of hydrogen-bond acceptors (Lipinski definition) is 5. The molecule has 0 spiro atoms. The van der Waals surface area contributed by atoms with Crippen molar-refractivity contribution >= 4 is 11.7 Å². The number of methoxy groups -OCH3 is 1. The molecular formula is C12H11N3O4. The molecule has 1 aromatic carbocycles. The number of non-ortho nitro benzene ring substituents is 1. The topological polar surface area (TPSA) is 87.3 Å². The lowest BCUT2D eigenvalue weighted by molar-refractivity contribution is -0.384. The largest absolute Gasteiger partial charge is 0.468 e. The summed E-state index contributed by atoms with van der Waals surface area (Å²) in [5.74, 6) is 0.0683. The van der Waals surface area contributed by atoms with Gasteiger partial charge < -0.3 is 9.30 Å². The van der Waals surface area contributed by atoms with Gasteiger partial charge in [0.15, 0.2) is 0 Å². The van der Waals surface area contributed by atoms with E-state index in [-0.39, 0.29) is 12.2 Å². The van der Waals surface area contributed by atoms with Crippen LogP contribution in [0.3, 0.4) is 0 Å². The number of carbonyl (C=O) groups excluding carboxylic acids is 1. The van der Waals surface area contributed by atoms with Gasteiger partial charge in [-0.2, -0.15) is 0 Å². The summed E-state index contributed by atoms with van der Waals surface area (Å²) >= 11 is 0. The maximum Gasteiger partial charge on any atom is 0.325 e. The molecule has 0 aliphatic rings. The number of ether oxygens (including phenoxy) is 1. The van der Waals surface area contributed by atoms with Gasteiger partial charge in [-0.05, 0) is 0 Å². The molecule has 0 saturated carbocycles. The van der Waals surface area contributed by atoms with Gasteiger partial charge in [0.1, 0.15) is 12.4 Å². The number of rotatable bonds is 4. The minimum Gasteiger partial charge on any atom is -0.468 e. The standard InChI is InChI=1S/C12H11N3O4/c1-19-11(16)8-14-6-5-13-12(14)9-3-2-4-10(7-9)15(17)18/h2-7H,8H2,1H3. The van der Waals surface area contributed by atoms with Gasteiger partial charge in [-0.15, -0.1) is 0 Å². The zero-order chi connectivity index (χ0) is 13.8. The molecular weight excluding hydrogens is 250 g/mol. The Morgan fingerprint density at radius 2 is 2.32 bits per heavy atom. The Morgan fingerprint density at radius 1 is 1.53 bits per heavy atom. The summed E-state index contributed by atoms with van der Waals surface area (Å²) in [4.78, 5) is 25.6. The van der Waals surface area contributed by atoms with E-state index in [4.69, 9.17) is 0 Å². The van der Waals surface area contributed by atoms with Crippen LogP contribution >= 0.6 is 0 Å². The normalized spacial score (nSPS) is 10.2. The van der Waals surface area contributed by atoms with Crippen molar-refractivity contribution in [2.24, 2.45) is 0 Å². The number of nitrogens with zero attached hydrogens (tertiary/aromatic N) is 3. The predicted molar refractivity (Wildman–Crippen MR) is 66.3 cm³/mol. The summed E-state index contributed by atoms with van der Waals surface area (Å²) in [7, 11) is 1.30. The second kappa shape index (κ2) is 5.30. The second-order valence-electron chi connectivity index (χ2n) is 3.76. The Kier molecular flexibility index (Phi) is 3.56. The SMILES string of the molecule is COC(=O)Cn1ccnc1-c1cccc([N+](=O)[O-])c1. The van der Waals surface area contributed by atoms with Crippen molar-refractivity contribution in [3.8, 4) is 11.4 Å². The van der Waals surface area contributed by atoms with Crippen LogP contribution in [0.4, 0.5) is 5.69 Å². The molecule has 0 amide bonds. The number of imidazole rings is 1. The number of esters is 1. The van der Waals surface area contributed by atoms with Crippen LogP contribution in [0, 0.1) is 10.1 Å². The summed E-state index contributed by atoms with van der Waals surface area (Å²) in [5, 5.41) is 10.7. The number of hydrogen-bond donors (Lipinski definition) is 0. The van der Waals surface area contributed by atoms with E-state index in [0.717, 1.165) is 0 Å². The van der Waals surface area contributed by atoms with Gasteiger partial charge in [-0.1, -0.05) is 12.1 Å². The molecule has 7 nitrogen and oxygen atoms in total. The third-order valence-electron chi connectivity index (χ3n) is 2.56. The molecule has 0 atom stereocenters. The second-order valence-corrected chi connectivity index (χ2v) is 3.76. The molecule has 98 valence electrons. The Balaban J connectivity index is 2.37. The van der Waals surface area contributed by atoms with Crippen molar-refractivity contribution < 1.29 is 14.5 Å². The molecule has 0 radical (unpaired) electrons. The minimum absolute atomic E-state index is 0.00846. The number of nitro benzene ring substituents is 1. The zero-order valence-electron chi connectivity index (χ0n) is 10.1. The molecule has 0 aliphatic heterocycles. The summed E-state index contributed by atoms with van der Waals surface area (Å²) in [5.41, 5.74) is 0.549. The fourth-order valence-electron chi connectivity index (χ4n) is 1.66. The number of benzene rings is 1. The molecule has 2 rings (SSSR count). The van der Waals surface area contributed by atoms with Gasteiger partial charge in [0.05, 0.1) is 12.0 Å². The summed E-state index contributed by atoms with van der Waals surface area (Å²) in [6, 6.07) is 6.08. The van der Waals surface area contributed by atoms with E-state index in [1.165, 1.54) is 25.4 Å². The quantitative estimate of drug-likeness (QED) is 0.474. The highest BCUT2D eigenvalue weighted by Crippen LogP contribution is 2.22. The molecule has 0 fully saturated rings. The molecule has 2 aromatic rings. The van der Waals surface area contributed by atoms with Crippen molar-refractivity contribution in [2.75, 3.05) is 7.11 Å². The molecule has 0 N–H and O–H groups in total. The average molecular weight is 261 g/mol. The van der Waals surface area contributed by atoms with E-state index >= 15 is 0 Å². The average Bonchev–Trinajstić information content (AvgIpc) is 2.86. The van der Waals surface area contributed by atoms with Crippen LogP contribution in [-0.4, -0.2) is 27.6 Å². The maximum absolute atomic E-state index is 11.3. The lowest BCUT2D eigenvalue weighted by atomic mass is 10.2. The van der Waals surface area contributed by atoms with Gasteiger partial charge in [-0.3, -0.25) is 14.9 Å². The van der Waals surface area contributed by atoms with Crippen LogP contribution in [0.15, 0.2) is 36.7 Å². The lowest BCUT2D eigenvalue weighted by Crippen LogP contribution is -2.11. The van der Waals surface area contributed by atoms with Gasteiger partial charge in [-0.25, -0.2) is 4.98 Å². The molecule has 0 bridgehead atoms. The van der Waals surface area contributed by atoms with E-state index in [9.17, 15) is 14.9 Å². The first-order valence-corrected chi connectivity index (χ1v) is 5.44. The number of carbonyl (C=O) groups is 1. The van der Waals surface area contributed by atoms with Gasteiger partial charge in [0.25, 0.3) is 5.69 Å². The smallest absolute Gasteiger partial charge is 0.325 e. The van der Waals surface area contributed by atoms with Crippen LogP contribution in [0.1, 0.15) is 0 Å². The van der Waals surface area contributed by atoms with E-state index in [1.54, 1.807) is 22.9 Å². The van der Waals surface area contributed by atoms with Crippen LogP contribution in [0.5, 0.6) is 0 Å². The minimum atomic E-state index is -0.475. The monoisotopic (exact) mass is 261 g/mol. The first kappa shape index (κ1) is 12.7. The first-order valence-electron chi connectivity index (χ1n) is 5.44. The highest BCUT2D eigenvalue weighted by Gasteiger charge is 2.12. The molecule has 19 heavy (non-hydrogen) atoms. The van der Waals surface area contributed by atoms with Crippen molar-refractivity contribution in [2.45, 2.75) is 6.54 Å². The van der Waals surface area contributed by atoms with Gasteiger partial charge >= 0.3 is 5.97 Å². The Labute approximate surface area is 108 Å². The van der Waals surface area contributed by atoms with E-state index in [2.05, 4.69) is 9.72 Å². The van der Waals surface area contributed by atoms with Crippen LogP contribution in [-0.2, 0) is 16.1 Å². The highest BCUT2D eigenvalue weighted by molar-refractivity contribution is 5.70. The van der Waals surface area contributed by atoms with E-state index in [0.29, 0.717) is 11.4 Å². The molecule has 0 unspecified atom stereocenters. The van der Waals surface area contributed by atoms with Gasteiger partial charge in [0, 0.05) is 30.1 Å². The third-order valence-corrected chi connectivity index (χ3v) is 2.56. The molecule has 1 heterocycles. The Morgan fingerprint density at radius 3 is 3.00 bits per heavy atom. The Hall–Kier alpha value is -2.70. The van der Waals surface area contributed by atoms with Gasteiger partial charge in [0.2, 0.25) is 0 Å². The molecule has 1 aromatic heterocycles. The summed E-state index contributed by atoms with van der Waals surface area (Å²) in [6.07, 6.45) is 3.14. The summed E-state index contributed by atoms with van der Waals surface area (Å²) in [6.45, 7) is 0.00846. The van der Waals surface area contributed by atoms with Crippen molar-refractivity contribution in [3.05, 3.63) is 46.8 Å². The molecule has 0 aliphatic carbocycles. The first-order chi connectivity index (χ1) is 9.11. The molecule has 0 saturated heterocycles. The molecule has 7 heteroatoms. The lowest BCUT2D eigenvalue weighted by Gasteiger charge is -2.06. The third kappa shape index (κ3) is 2.76. The number of nitro groups is 1. The zero-order valence-corrected chi connectivity index (χ0v) is 10.1. The number of aromatic nitrogens is 2. The Bertz CT molecular complexity index is 621. The van der Waals surface area contributed by atoms with Crippen LogP contribution < -0.4 is 0 Å².